The number of allylic oxidation sites excluding steroid dienone is 1. The molecule has 0 bridgehead atoms. The minimum atomic E-state index is -4.44. The van der Waals surface area contributed by atoms with E-state index in [4.69, 9.17) is 5.11 Å². The van der Waals surface area contributed by atoms with Crippen LogP contribution >= 0.6 is 0 Å². The highest BCUT2D eigenvalue weighted by Gasteiger charge is 2.30. The number of aliphatic hydroxyl groups excluding tert-OH is 1. The van der Waals surface area contributed by atoms with Crippen LogP contribution in [0.1, 0.15) is 15.9 Å². The van der Waals surface area contributed by atoms with Gasteiger partial charge in [-0.05, 0) is 12.1 Å². The summed E-state index contributed by atoms with van der Waals surface area (Å²) in [5.74, 6) is -1.24. The van der Waals surface area contributed by atoms with Crippen LogP contribution in [0.15, 0.2) is 36.3 Å². The van der Waals surface area contributed by atoms with Crippen molar-refractivity contribution in [2.45, 2.75) is 6.18 Å². The highest BCUT2D eigenvalue weighted by atomic mass is 19.4. The van der Waals surface area contributed by atoms with E-state index in [0.717, 1.165) is 37.5 Å². The zero-order valence-corrected chi connectivity index (χ0v) is 8.78. The van der Waals surface area contributed by atoms with Crippen molar-refractivity contribution in [1.82, 2.24) is 0 Å². The molecule has 0 aliphatic heterocycles. The van der Waals surface area contributed by atoms with Gasteiger partial charge in [-0.3, -0.25) is 4.79 Å². The smallest absolute Gasteiger partial charge is 0.416 e. The van der Waals surface area contributed by atoms with Crippen molar-refractivity contribution in [3.63, 3.8) is 0 Å². The Morgan fingerprint density at radius 2 is 1.82 bits per heavy atom. The Balaban J connectivity index is 2.92. The fourth-order valence-electron chi connectivity index (χ4n) is 1.08. The molecule has 0 aromatic heterocycles. The van der Waals surface area contributed by atoms with Crippen LogP contribution in [0.4, 0.5) is 13.2 Å². The molecule has 17 heavy (non-hydrogen) atoms. The molecule has 0 amide bonds. The summed E-state index contributed by atoms with van der Waals surface area (Å²) in [6.07, 6.45) is -3.66. The van der Waals surface area contributed by atoms with Crippen molar-refractivity contribution in [1.29, 1.82) is 0 Å². The molecule has 0 unspecified atom stereocenters. The molecule has 0 spiro atoms. The summed E-state index contributed by atoms with van der Waals surface area (Å²) >= 11 is 0. The lowest BCUT2D eigenvalue weighted by Crippen LogP contribution is -2.05. The minimum absolute atomic E-state index is 0.0293. The highest BCUT2D eigenvalue weighted by Crippen LogP contribution is 2.29. The number of carbonyl (C=O) groups excluding carboxylic acids is 1. The highest BCUT2D eigenvalue weighted by molar-refractivity contribution is 6.04. The first-order valence-corrected chi connectivity index (χ1v) is 4.51. The Morgan fingerprint density at radius 1 is 1.29 bits per heavy atom. The maximum atomic E-state index is 12.2. The first kappa shape index (κ1) is 13.1. The van der Waals surface area contributed by atoms with Gasteiger partial charge in [0.15, 0.2) is 5.78 Å². The van der Waals surface area contributed by atoms with E-state index in [0.29, 0.717) is 0 Å². The number of hydrogen-bond donors (Lipinski definition) is 1. The summed E-state index contributed by atoms with van der Waals surface area (Å²) in [5.41, 5.74) is -0.810. The number of alkyl halides is 3. The van der Waals surface area contributed by atoms with E-state index >= 15 is 0 Å². The average Bonchev–Trinajstić information content (AvgIpc) is 2.27. The predicted molar refractivity (Wildman–Crippen MR) is 53.5 cm³/mol. The monoisotopic (exact) mass is 246 g/mol. The largest absolute Gasteiger partial charge is 0.481 e. The molecule has 0 fully saturated rings. The van der Waals surface area contributed by atoms with E-state index in [1.54, 1.807) is 0 Å². The van der Waals surface area contributed by atoms with Crippen molar-refractivity contribution in [2.75, 3.05) is 7.11 Å². The van der Waals surface area contributed by atoms with Crippen LogP contribution in [0.25, 0.3) is 0 Å². The van der Waals surface area contributed by atoms with E-state index in [9.17, 15) is 18.0 Å². The van der Waals surface area contributed by atoms with Gasteiger partial charge in [-0.15, -0.1) is 0 Å². The molecule has 0 aliphatic carbocycles. The Kier molecular flexibility index (Phi) is 3.77. The van der Waals surface area contributed by atoms with E-state index in [1.807, 2.05) is 0 Å². The van der Waals surface area contributed by atoms with Crippen molar-refractivity contribution < 1.29 is 27.8 Å². The topological polar surface area (TPSA) is 46.5 Å². The fourth-order valence-corrected chi connectivity index (χ4v) is 1.08. The number of methoxy groups -OCH3 is 1. The van der Waals surface area contributed by atoms with Gasteiger partial charge in [-0.1, -0.05) is 12.1 Å². The standard InChI is InChI=1S/C11H9F3O3/c1-17-10(16)6-9(15)7-2-4-8(5-3-7)11(12,13)14/h2-6,16H,1H3/b10-6+. The third-order valence-electron chi connectivity index (χ3n) is 1.96. The lowest BCUT2D eigenvalue weighted by atomic mass is 10.1. The Labute approximate surface area is 95.1 Å². The molecule has 0 aliphatic rings. The van der Waals surface area contributed by atoms with Crippen LogP contribution in [0.5, 0.6) is 0 Å². The molecule has 3 nitrogen and oxygen atoms in total. The van der Waals surface area contributed by atoms with Crippen molar-refractivity contribution in [3.8, 4) is 0 Å². The first-order chi connectivity index (χ1) is 7.84. The lowest BCUT2D eigenvalue weighted by molar-refractivity contribution is -0.137. The van der Waals surface area contributed by atoms with Crippen LogP contribution < -0.4 is 0 Å². The third-order valence-corrected chi connectivity index (χ3v) is 1.96. The summed E-state index contributed by atoms with van der Waals surface area (Å²) in [7, 11) is 1.16. The molecule has 1 aromatic carbocycles. The third kappa shape index (κ3) is 3.51. The number of aliphatic hydroxyl groups is 1. The maximum Gasteiger partial charge on any atom is 0.416 e. The second-order valence-corrected chi connectivity index (χ2v) is 3.13. The molecule has 0 atom stereocenters. The Hall–Kier alpha value is -1.98. The second-order valence-electron chi connectivity index (χ2n) is 3.13. The van der Waals surface area contributed by atoms with Crippen LogP contribution in [-0.4, -0.2) is 18.0 Å². The second kappa shape index (κ2) is 4.90. The zero-order valence-electron chi connectivity index (χ0n) is 8.78. The van der Waals surface area contributed by atoms with Gasteiger partial charge in [0.2, 0.25) is 0 Å². The van der Waals surface area contributed by atoms with Crippen molar-refractivity contribution in [2.24, 2.45) is 0 Å². The van der Waals surface area contributed by atoms with Gasteiger partial charge < -0.3 is 9.84 Å². The molecule has 0 saturated carbocycles. The molecule has 0 radical (unpaired) electrons. The van der Waals surface area contributed by atoms with Crippen molar-refractivity contribution >= 4 is 5.78 Å². The number of rotatable bonds is 3. The number of ketones is 1. The molecular weight excluding hydrogens is 237 g/mol. The molecule has 6 heteroatoms. The summed E-state index contributed by atoms with van der Waals surface area (Å²) in [4.78, 5) is 11.4. The van der Waals surface area contributed by atoms with E-state index in [1.165, 1.54) is 0 Å². The summed E-state index contributed by atoms with van der Waals surface area (Å²) in [5, 5.41) is 8.91. The minimum Gasteiger partial charge on any atom is -0.481 e. The first-order valence-electron chi connectivity index (χ1n) is 4.51. The van der Waals surface area contributed by atoms with E-state index in [2.05, 4.69) is 4.74 Å². The quantitative estimate of drug-likeness (QED) is 0.506. The van der Waals surface area contributed by atoms with Gasteiger partial charge >= 0.3 is 6.18 Å². The van der Waals surface area contributed by atoms with E-state index in [-0.39, 0.29) is 5.56 Å². The number of hydrogen-bond acceptors (Lipinski definition) is 3. The Bertz CT molecular complexity index is 432. The van der Waals surface area contributed by atoms with Gasteiger partial charge in [-0.25, -0.2) is 0 Å². The summed E-state index contributed by atoms with van der Waals surface area (Å²) in [6, 6.07) is 3.66. The van der Waals surface area contributed by atoms with Crippen LogP contribution in [0.3, 0.4) is 0 Å². The fraction of sp³-hybridized carbons (Fsp3) is 0.182. The SMILES string of the molecule is CO/C(O)=C/C(=O)c1ccc(C(F)(F)F)cc1. The molecule has 0 saturated heterocycles. The molecule has 1 aromatic rings. The summed E-state index contributed by atoms with van der Waals surface area (Å²) in [6.45, 7) is 0. The Morgan fingerprint density at radius 3 is 2.24 bits per heavy atom. The van der Waals surface area contributed by atoms with Gasteiger partial charge in [0, 0.05) is 5.56 Å². The molecular formula is C11H9F3O3. The number of ether oxygens (including phenoxy) is 1. The number of benzene rings is 1. The zero-order chi connectivity index (χ0) is 13.1. The molecule has 0 heterocycles. The van der Waals surface area contributed by atoms with Gasteiger partial charge in [0.25, 0.3) is 5.95 Å². The van der Waals surface area contributed by atoms with E-state index < -0.39 is 23.5 Å². The maximum absolute atomic E-state index is 12.2. The number of halogens is 3. The molecule has 92 valence electrons. The van der Waals surface area contributed by atoms with Crippen LogP contribution in [-0.2, 0) is 10.9 Å². The number of carbonyl (C=O) groups is 1. The predicted octanol–water partition coefficient (Wildman–Crippen LogP) is 2.93. The average molecular weight is 246 g/mol. The normalized spacial score (nSPS) is 12.4. The van der Waals surface area contributed by atoms with Gasteiger partial charge in [-0.2, -0.15) is 13.2 Å². The van der Waals surface area contributed by atoms with Gasteiger partial charge in [0.1, 0.15) is 0 Å². The van der Waals surface area contributed by atoms with Crippen molar-refractivity contribution in [3.05, 3.63) is 47.4 Å². The summed E-state index contributed by atoms with van der Waals surface area (Å²) < 4.78 is 41.0. The molecule has 1 rings (SSSR count). The van der Waals surface area contributed by atoms with Crippen LogP contribution in [0, 0.1) is 0 Å². The lowest BCUT2D eigenvalue weighted by Gasteiger charge is -2.06. The molecule has 1 N–H and O–H groups in total. The van der Waals surface area contributed by atoms with Crippen LogP contribution in [0.2, 0.25) is 0 Å². The van der Waals surface area contributed by atoms with Gasteiger partial charge in [0.05, 0.1) is 18.7 Å².